The third kappa shape index (κ3) is 5.37. The van der Waals surface area contributed by atoms with Gasteiger partial charge in [-0.2, -0.15) is 0 Å². The SMILES string of the molecule is O=C(COc1ccc2c(c1)CCC(=O)N2)Nc1cccc(OC(F)(F)F)c1. The Morgan fingerprint density at radius 1 is 1.11 bits per heavy atom. The van der Waals surface area contributed by atoms with Crippen LogP contribution in [0, 0.1) is 0 Å². The summed E-state index contributed by atoms with van der Waals surface area (Å²) in [7, 11) is 0. The van der Waals surface area contributed by atoms with Gasteiger partial charge in [0.1, 0.15) is 11.5 Å². The monoisotopic (exact) mass is 380 g/mol. The van der Waals surface area contributed by atoms with Crippen LogP contribution in [0.4, 0.5) is 24.5 Å². The van der Waals surface area contributed by atoms with Crippen molar-refractivity contribution in [1.29, 1.82) is 0 Å². The fraction of sp³-hybridized carbons (Fsp3) is 0.222. The third-order valence-electron chi connectivity index (χ3n) is 3.69. The zero-order valence-electron chi connectivity index (χ0n) is 13.9. The first-order chi connectivity index (χ1) is 12.8. The Morgan fingerprint density at radius 2 is 1.93 bits per heavy atom. The van der Waals surface area contributed by atoms with E-state index in [1.165, 1.54) is 12.1 Å². The van der Waals surface area contributed by atoms with Crippen LogP contribution >= 0.6 is 0 Å². The Bertz CT molecular complexity index is 868. The summed E-state index contributed by atoms with van der Waals surface area (Å²) in [5.41, 5.74) is 1.77. The maximum atomic E-state index is 12.2. The summed E-state index contributed by atoms with van der Waals surface area (Å²) in [4.78, 5) is 23.3. The molecular formula is C18H15F3N2O4. The zero-order valence-corrected chi connectivity index (χ0v) is 13.9. The van der Waals surface area contributed by atoms with Crippen molar-refractivity contribution < 1.29 is 32.2 Å². The first-order valence-corrected chi connectivity index (χ1v) is 8.00. The quantitative estimate of drug-likeness (QED) is 0.833. The highest BCUT2D eigenvalue weighted by Crippen LogP contribution is 2.27. The van der Waals surface area contributed by atoms with Crippen LogP contribution in [0.2, 0.25) is 0 Å². The number of halogens is 3. The number of rotatable bonds is 5. The maximum Gasteiger partial charge on any atom is 0.573 e. The van der Waals surface area contributed by atoms with Gasteiger partial charge in [0.2, 0.25) is 5.91 Å². The molecule has 0 saturated carbocycles. The predicted octanol–water partition coefficient (Wildman–Crippen LogP) is 3.49. The van der Waals surface area contributed by atoms with E-state index in [0.717, 1.165) is 17.7 Å². The van der Waals surface area contributed by atoms with E-state index in [9.17, 15) is 22.8 Å². The molecule has 2 amide bonds. The molecule has 1 aliphatic rings. The van der Waals surface area contributed by atoms with E-state index in [2.05, 4.69) is 15.4 Å². The summed E-state index contributed by atoms with van der Waals surface area (Å²) in [5.74, 6) is -0.565. The number of fused-ring (bicyclic) bond motifs is 1. The van der Waals surface area contributed by atoms with Gasteiger partial charge in [-0.3, -0.25) is 9.59 Å². The molecule has 2 aromatic carbocycles. The normalized spacial score (nSPS) is 13.4. The summed E-state index contributed by atoms with van der Waals surface area (Å²) < 4.78 is 45.9. The smallest absolute Gasteiger partial charge is 0.484 e. The molecular weight excluding hydrogens is 365 g/mol. The molecule has 1 heterocycles. The van der Waals surface area contributed by atoms with Crippen molar-refractivity contribution in [2.24, 2.45) is 0 Å². The van der Waals surface area contributed by atoms with Crippen molar-refractivity contribution in [1.82, 2.24) is 0 Å². The number of ether oxygens (including phenoxy) is 2. The fourth-order valence-electron chi connectivity index (χ4n) is 2.57. The summed E-state index contributed by atoms with van der Waals surface area (Å²) >= 11 is 0. The van der Waals surface area contributed by atoms with Crippen molar-refractivity contribution >= 4 is 23.2 Å². The van der Waals surface area contributed by atoms with Crippen LogP contribution in [0.15, 0.2) is 42.5 Å². The topological polar surface area (TPSA) is 76.7 Å². The average molecular weight is 380 g/mol. The van der Waals surface area contributed by atoms with E-state index in [4.69, 9.17) is 4.74 Å². The van der Waals surface area contributed by atoms with Gasteiger partial charge in [0.05, 0.1) is 0 Å². The first kappa shape index (κ1) is 18.6. The van der Waals surface area contributed by atoms with Crippen LogP contribution in [0.5, 0.6) is 11.5 Å². The largest absolute Gasteiger partial charge is 0.573 e. The van der Waals surface area contributed by atoms with Gasteiger partial charge in [-0.05, 0) is 42.3 Å². The van der Waals surface area contributed by atoms with Gasteiger partial charge in [0, 0.05) is 23.9 Å². The van der Waals surface area contributed by atoms with E-state index in [-0.39, 0.29) is 18.2 Å². The maximum absolute atomic E-state index is 12.2. The molecule has 6 nitrogen and oxygen atoms in total. The van der Waals surface area contributed by atoms with Crippen molar-refractivity contribution in [3.05, 3.63) is 48.0 Å². The van der Waals surface area contributed by atoms with Crippen molar-refractivity contribution in [3.8, 4) is 11.5 Å². The number of carbonyl (C=O) groups excluding carboxylic acids is 2. The third-order valence-corrected chi connectivity index (χ3v) is 3.69. The molecule has 0 atom stereocenters. The molecule has 0 spiro atoms. The van der Waals surface area contributed by atoms with Crippen LogP contribution in [0.3, 0.4) is 0 Å². The van der Waals surface area contributed by atoms with Crippen LogP contribution in [0.25, 0.3) is 0 Å². The molecule has 142 valence electrons. The number of hydrogen-bond acceptors (Lipinski definition) is 4. The molecule has 0 saturated heterocycles. The second-order valence-corrected chi connectivity index (χ2v) is 5.78. The lowest BCUT2D eigenvalue weighted by Crippen LogP contribution is -2.21. The van der Waals surface area contributed by atoms with Crippen molar-refractivity contribution in [2.75, 3.05) is 17.2 Å². The Hall–Kier alpha value is -3.23. The van der Waals surface area contributed by atoms with Crippen LogP contribution in [-0.4, -0.2) is 24.8 Å². The Morgan fingerprint density at radius 3 is 2.70 bits per heavy atom. The van der Waals surface area contributed by atoms with E-state index >= 15 is 0 Å². The number of hydrogen-bond donors (Lipinski definition) is 2. The lowest BCUT2D eigenvalue weighted by Gasteiger charge is -2.17. The Kier molecular flexibility index (Phi) is 5.20. The number of carbonyl (C=O) groups is 2. The second-order valence-electron chi connectivity index (χ2n) is 5.78. The number of anilines is 2. The van der Waals surface area contributed by atoms with Gasteiger partial charge in [-0.15, -0.1) is 13.2 Å². The molecule has 3 rings (SSSR count). The number of aryl methyl sites for hydroxylation is 1. The van der Waals surface area contributed by atoms with Crippen molar-refractivity contribution in [2.45, 2.75) is 19.2 Å². The number of benzene rings is 2. The number of amides is 2. The van der Waals surface area contributed by atoms with Crippen LogP contribution in [0.1, 0.15) is 12.0 Å². The van der Waals surface area contributed by atoms with E-state index in [0.29, 0.717) is 24.3 Å². The molecule has 27 heavy (non-hydrogen) atoms. The van der Waals surface area contributed by atoms with E-state index < -0.39 is 18.0 Å². The molecule has 2 aromatic rings. The molecule has 0 aromatic heterocycles. The minimum Gasteiger partial charge on any atom is -0.484 e. The molecule has 2 N–H and O–H groups in total. The number of alkyl halides is 3. The first-order valence-electron chi connectivity index (χ1n) is 8.00. The van der Waals surface area contributed by atoms with Gasteiger partial charge >= 0.3 is 6.36 Å². The van der Waals surface area contributed by atoms with E-state index in [1.807, 2.05) is 0 Å². The predicted molar refractivity (Wildman–Crippen MR) is 90.6 cm³/mol. The summed E-state index contributed by atoms with van der Waals surface area (Å²) in [6.45, 7) is -0.324. The van der Waals surface area contributed by atoms with Crippen LogP contribution in [-0.2, 0) is 16.0 Å². The Balaban J connectivity index is 1.56. The molecule has 0 aliphatic carbocycles. The minimum atomic E-state index is -4.81. The van der Waals surface area contributed by atoms with Crippen molar-refractivity contribution in [3.63, 3.8) is 0 Å². The molecule has 0 unspecified atom stereocenters. The summed E-state index contributed by atoms with van der Waals surface area (Å²) in [6, 6.07) is 10.0. The van der Waals surface area contributed by atoms with Crippen LogP contribution < -0.4 is 20.1 Å². The van der Waals surface area contributed by atoms with E-state index in [1.54, 1.807) is 18.2 Å². The Labute approximate surface area is 152 Å². The molecule has 0 fully saturated rings. The standard InChI is InChI=1S/C18H15F3N2O4/c19-18(20,21)27-14-3-1-2-12(9-14)22-17(25)10-26-13-5-6-15-11(8-13)4-7-16(24)23-15/h1-3,5-6,8-9H,4,7,10H2,(H,22,25)(H,23,24). The molecule has 1 aliphatic heterocycles. The number of nitrogens with one attached hydrogen (secondary N) is 2. The second kappa shape index (κ2) is 7.56. The summed E-state index contributed by atoms with van der Waals surface area (Å²) in [5, 5.41) is 5.18. The average Bonchev–Trinajstić information content (AvgIpc) is 2.58. The van der Waals surface area contributed by atoms with Gasteiger partial charge < -0.3 is 20.1 Å². The van der Waals surface area contributed by atoms with Gasteiger partial charge in [-0.25, -0.2) is 0 Å². The highest BCUT2D eigenvalue weighted by molar-refractivity contribution is 5.94. The van der Waals surface area contributed by atoms with Gasteiger partial charge in [-0.1, -0.05) is 6.07 Å². The highest BCUT2D eigenvalue weighted by Gasteiger charge is 2.31. The molecule has 0 radical (unpaired) electrons. The lowest BCUT2D eigenvalue weighted by atomic mass is 10.0. The van der Waals surface area contributed by atoms with Gasteiger partial charge in [0.15, 0.2) is 6.61 Å². The highest BCUT2D eigenvalue weighted by atomic mass is 19.4. The summed E-state index contributed by atoms with van der Waals surface area (Å²) in [6.07, 6.45) is -3.85. The lowest BCUT2D eigenvalue weighted by molar-refractivity contribution is -0.274. The molecule has 0 bridgehead atoms. The fourth-order valence-corrected chi connectivity index (χ4v) is 2.57. The molecule has 9 heteroatoms. The van der Waals surface area contributed by atoms with Gasteiger partial charge in [0.25, 0.3) is 5.91 Å². The zero-order chi connectivity index (χ0) is 19.4. The minimum absolute atomic E-state index is 0.0488.